The summed E-state index contributed by atoms with van der Waals surface area (Å²) in [5.74, 6) is 0.131. The summed E-state index contributed by atoms with van der Waals surface area (Å²) in [6.45, 7) is 2.59. The van der Waals surface area contributed by atoms with Crippen LogP contribution in [0.1, 0.15) is 19.8 Å². The lowest BCUT2D eigenvalue weighted by Gasteiger charge is -2.13. The van der Waals surface area contributed by atoms with Crippen molar-refractivity contribution in [3.05, 3.63) is 0 Å². The monoisotopic (exact) mass is 140 g/mol. The van der Waals surface area contributed by atoms with Crippen LogP contribution in [-0.4, -0.2) is 31.8 Å². The van der Waals surface area contributed by atoms with Gasteiger partial charge in [0.2, 0.25) is 0 Å². The Balaban J connectivity index is 2.31. The van der Waals surface area contributed by atoms with Gasteiger partial charge in [-0.3, -0.25) is 0 Å². The van der Waals surface area contributed by atoms with Crippen molar-refractivity contribution in [3.8, 4) is 0 Å². The van der Waals surface area contributed by atoms with Crippen molar-refractivity contribution in [2.75, 3.05) is 6.61 Å². The molecular formula is C7H13BO2. The summed E-state index contributed by atoms with van der Waals surface area (Å²) in [5, 5.41) is 9.29. The van der Waals surface area contributed by atoms with Crippen LogP contribution in [0.15, 0.2) is 0 Å². The Kier molecular flexibility index (Phi) is 2.75. The predicted octanol–water partition coefficient (Wildman–Crippen LogP) is 0.503. The Morgan fingerprint density at radius 2 is 2.30 bits per heavy atom. The van der Waals surface area contributed by atoms with E-state index in [2.05, 4.69) is 0 Å². The molecular weight excluding hydrogens is 127 g/mol. The Bertz CT molecular complexity index is 108. The molecule has 1 aliphatic rings. The fourth-order valence-electron chi connectivity index (χ4n) is 1.41. The molecule has 56 valence electrons. The maximum atomic E-state index is 9.29. The highest BCUT2D eigenvalue weighted by atomic mass is 16.5. The SMILES string of the molecule is [B]C1CC(O)C(OCC)C1. The molecule has 1 rings (SSSR count). The average molecular weight is 140 g/mol. The summed E-state index contributed by atoms with van der Waals surface area (Å²) in [4.78, 5) is 0. The number of rotatable bonds is 2. The second-order valence-corrected chi connectivity index (χ2v) is 2.79. The molecule has 0 spiro atoms. The molecule has 0 bridgehead atoms. The summed E-state index contributed by atoms with van der Waals surface area (Å²) in [6.07, 6.45) is 1.13. The van der Waals surface area contributed by atoms with Crippen LogP contribution in [-0.2, 0) is 4.74 Å². The van der Waals surface area contributed by atoms with Crippen LogP contribution in [0.25, 0.3) is 0 Å². The van der Waals surface area contributed by atoms with Crippen LogP contribution in [0.4, 0.5) is 0 Å². The quantitative estimate of drug-likeness (QED) is 0.566. The number of ether oxygens (including phenoxy) is 1. The maximum Gasteiger partial charge on any atom is 0.0829 e. The first-order valence-electron chi connectivity index (χ1n) is 3.79. The Hall–Kier alpha value is -0.0151. The van der Waals surface area contributed by atoms with Gasteiger partial charge in [0.1, 0.15) is 0 Å². The van der Waals surface area contributed by atoms with E-state index in [1.54, 1.807) is 0 Å². The summed E-state index contributed by atoms with van der Waals surface area (Å²) < 4.78 is 5.26. The van der Waals surface area contributed by atoms with Crippen molar-refractivity contribution in [2.45, 2.75) is 37.8 Å². The normalized spacial score (nSPS) is 40.4. The topological polar surface area (TPSA) is 29.5 Å². The summed E-state index contributed by atoms with van der Waals surface area (Å²) in [5.41, 5.74) is 0. The zero-order valence-electron chi connectivity index (χ0n) is 6.29. The number of hydrogen-bond donors (Lipinski definition) is 1. The minimum absolute atomic E-state index is 0.0139. The van der Waals surface area contributed by atoms with E-state index in [0.717, 1.165) is 6.42 Å². The van der Waals surface area contributed by atoms with Gasteiger partial charge in [0.05, 0.1) is 20.1 Å². The third-order valence-electron chi connectivity index (χ3n) is 1.89. The molecule has 3 atom stereocenters. The minimum atomic E-state index is -0.338. The van der Waals surface area contributed by atoms with Gasteiger partial charge in [-0.25, -0.2) is 0 Å². The molecule has 0 saturated heterocycles. The predicted molar refractivity (Wildman–Crippen MR) is 40.2 cm³/mol. The number of aliphatic hydroxyl groups is 1. The van der Waals surface area contributed by atoms with Crippen molar-refractivity contribution in [1.29, 1.82) is 0 Å². The minimum Gasteiger partial charge on any atom is -0.390 e. The van der Waals surface area contributed by atoms with Gasteiger partial charge in [0.15, 0.2) is 0 Å². The highest BCUT2D eigenvalue weighted by Crippen LogP contribution is 2.29. The van der Waals surface area contributed by atoms with Gasteiger partial charge in [0, 0.05) is 6.61 Å². The molecule has 3 unspecified atom stereocenters. The Morgan fingerprint density at radius 3 is 2.70 bits per heavy atom. The fourth-order valence-corrected chi connectivity index (χ4v) is 1.41. The Morgan fingerprint density at radius 1 is 1.60 bits per heavy atom. The van der Waals surface area contributed by atoms with Gasteiger partial charge in [-0.05, 0) is 19.8 Å². The lowest BCUT2D eigenvalue weighted by Crippen LogP contribution is -2.22. The summed E-state index contributed by atoms with van der Waals surface area (Å²) >= 11 is 0. The van der Waals surface area contributed by atoms with Crippen LogP contribution in [0.2, 0.25) is 5.82 Å². The first-order valence-corrected chi connectivity index (χ1v) is 3.79. The maximum absolute atomic E-state index is 9.29. The molecule has 0 aromatic carbocycles. The van der Waals surface area contributed by atoms with E-state index < -0.39 is 0 Å². The molecule has 10 heavy (non-hydrogen) atoms. The highest BCUT2D eigenvalue weighted by Gasteiger charge is 2.30. The third kappa shape index (κ3) is 1.73. The summed E-state index contributed by atoms with van der Waals surface area (Å²) in [6, 6.07) is 0. The average Bonchev–Trinajstić information content (AvgIpc) is 2.13. The zero-order valence-corrected chi connectivity index (χ0v) is 6.29. The highest BCUT2D eigenvalue weighted by molar-refractivity contribution is 6.11. The third-order valence-corrected chi connectivity index (χ3v) is 1.89. The van der Waals surface area contributed by atoms with E-state index in [0.29, 0.717) is 13.0 Å². The molecule has 0 aromatic heterocycles. The second kappa shape index (κ2) is 3.40. The smallest absolute Gasteiger partial charge is 0.0829 e. The molecule has 3 heteroatoms. The Labute approximate surface area is 63.0 Å². The van der Waals surface area contributed by atoms with Crippen LogP contribution < -0.4 is 0 Å². The number of aliphatic hydroxyl groups excluding tert-OH is 1. The van der Waals surface area contributed by atoms with Crippen LogP contribution in [0, 0.1) is 0 Å². The fraction of sp³-hybridized carbons (Fsp3) is 1.00. The van der Waals surface area contributed by atoms with Gasteiger partial charge in [0.25, 0.3) is 0 Å². The van der Waals surface area contributed by atoms with Crippen LogP contribution in [0.3, 0.4) is 0 Å². The lowest BCUT2D eigenvalue weighted by atomic mass is 9.86. The van der Waals surface area contributed by atoms with E-state index in [4.69, 9.17) is 12.6 Å². The van der Waals surface area contributed by atoms with Gasteiger partial charge in [-0.15, -0.1) is 0 Å². The van der Waals surface area contributed by atoms with Gasteiger partial charge < -0.3 is 9.84 Å². The molecule has 1 fully saturated rings. The van der Waals surface area contributed by atoms with Crippen LogP contribution in [0.5, 0.6) is 0 Å². The lowest BCUT2D eigenvalue weighted by molar-refractivity contribution is -0.0128. The zero-order chi connectivity index (χ0) is 7.56. The first kappa shape index (κ1) is 8.09. The van der Waals surface area contributed by atoms with Crippen LogP contribution >= 0.6 is 0 Å². The van der Waals surface area contributed by atoms with Crippen molar-refractivity contribution in [1.82, 2.24) is 0 Å². The van der Waals surface area contributed by atoms with Crippen molar-refractivity contribution in [2.24, 2.45) is 0 Å². The van der Waals surface area contributed by atoms with E-state index in [9.17, 15) is 5.11 Å². The molecule has 0 amide bonds. The molecule has 2 nitrogen and oxygen atoms in total. The molecule has 0 aliphatic heterocycles. The largest absolute Gasteiger partial charge is 0.390 e. The summed E-state index contributed by atoms with van der Waals surface area (Å²) in [7, 11) is 5.61. The van der Waals surface area contributed by atoms with Gasteiger partial charge in [-0.1, -0.05) is 5.82 Å². The molecule has 2 radical (unpaired) electrons. The first-order chi connectivity index (χ1) is 4.74. The standard InChI is InChI=1S/C7H13BO2/c1-2-10-7-4-5(8)3-6(7)9/h5-7,9H,2-4H2,1H3. The van der Waals surface area contributed by atoms with E-state index in [1.807, 2.05) is 6.92 Å². The molecule has 1 aliphatic carbocycles. The molecule has 1 saturated carbocycles. The van der Waals surface area contributed by atoms with Crippen molar-refractivity contribution < 1.29 is 9.84 Å². The van der Waals surface area contributed by atoms with E-state index in [-0.39, 0.29) is 18.0 Å². The van der Waals surface area contributed by atoms with E-state index >= 15 is 0 Å². The molecule has 0 aromatic rings. The number of hydrogen-bond acceptors (Lipinski definition) is 2. The van der Waals surface area contributed by atoms with E-state index in [1.165, 1.54) is 0 Å². The van der Waals surface area contributed by atoms with Gasteiger partial charge >= 0.3 is 0 Å². The van der Waals surface area contributed by atoms with Crippen molar-refractivity contribution >= 4 is 7.85 Å². The van der Waals surface area contributed by atoms with Crippen molar-refractivity contribution in [3.63, 3.8) is 0 Å². The molecule has 0 heterocycles. The molecule has 1 N–H and O–H groups in total. The second-order valence-electron chi connectivity index (χ2n) is 2.79. The van der Waals surface area contributed by atoms with Gasteiger partial charge in [-0.2, -0.15) is 0 Å².